The molecule has 96 valence electrons. The third kappa shape index (κ3) is 2.23. The highest BCUT2D eigenvalue weighted by atomic mass is 16.2. The van der Waals surface area contributed by atoms with Gasteiger partial charge in [0.15, 0.2) is 0 Å². The SMILES string of the molecule is CC(=O)N1C[C@H](C(C)C)C(=O)Nc2ccccc21. The van der Waals surface area contributed by atoms with Gasteiger partial charge in [0.1, 0.15) is 0 Å². The van der Waals surface area contributed by atoms with E-state index in [1.807, 2.05) is 38.1 Å². The van der Waals surface area contributed by atoms with E-state index in [9.17, 15) is 9.59 Å². The minimum absolute atomic E-state index is 0.0128. The maximum Gasteiger partial charge on any atom is 0.229 e. The van der Waals surface area contributed by atoms with E-state index in [0.29, 0.717) is 12.2 Å². The van der Waals surface area contributed by atoms with Crippen molar-refractivity contribution in [1.82, 2.24) is 0 Å². The van der Waals surface area contributed by atoms with Gasteiger partial charge in [-0.05, 0) is 18.1 Å². The molecule has 1 aliphatic rings. The number of carbonyl (C=O) groups excluding carboxylic acids is 2. The van der Waals surface area contributed by atoms with Gasteiger partial charge in [-0.25, -0.2) is 0 Å². The van der Waals surface area contributed by atoms with Gasteiger partial charge < -0.3 is 10.2 Å². The average Bonchev–Trinajstić information content (AvgIpc) is 2.44. The number of para-hydroxylation sites is 2. The summed E-state index contributed by atoms with van der Waals surface area (Å²) in [5.74, 6) is -0.0340. The maximum atomic E-state index is 12.1. The highest BCUT2D eigenvalue weighted by Gasteiger charge is 2.31. The molecule has 0 bridgehead atoms. The van der Waals surface area contributed by atoms with Crippen molar-refractivity contribution < 1.29 is 9.59 Å². The van der Waals surface area contributed by atoms with Crippen LogP contribution in [0.3, 0.4) is 0 Å². The Labute approximate surface area is 107 Å². The molecule has 0 aromatic heterocycles. The van der Waals surface area contributed by atoms with Gasteiger partial charge in [-0.3, -0.25) is 9.59 Å². The molecule has 1 heterocycles. The second kappa shape index (κ2) is 4.80. The maximum absolute atomic E-state index is 12.1. The number of nitrogens with zero attached hydrogens (tertiary/aromatic N) is 1. The van der Waals surface area contributed by atoms with Crippen LogP contribution in [-0.2, 0) is 9.59 Å². The van der Waals surface area contributed by atoms with Crippen molar-refractivity contribution in [3.63, 3.8) is 0 Å². The van der Waals surface area contributed by atoms with Gasteiger partial charge in [0.2, 0.25) is 11.8 Å². The van der Waals surface area contributed by atoms with Gasteiger partial charge in [0.25, 0.3) is 0 Å². The zero-order valence-electron chi connectivity index (χ0n) is 10.9. The number of fused-ring (bicyclic) bond motifs is 1. The second-order valence-corrected chi connectivity index (χ2v) is 4.99. The average molecular weight is 246 g/mol. The van der Waals surface area contributed by atoms with Gasteiger partial charge in [-0.1, -0.05) is 26.0 Å². The quantitative estimate of drug-likeness (QED) is 0.826. The number of benzene rings is 1. The highest BCUT2D eigenvalue weighted by molar-refractivity contribution is 6.03. The van der Waals surface area contributed by atoms with Crippen LogP contribution < -0.4 is 10.2 Å². The normalized spacial score (nSPS) is 19.2. The number of hydrogen-bond donors (Lipinski definition) is 1. The molecule has 18 heavy (non-hydrogen) atoms. The van der Waals surface area contributed by atoms with Crippen LogP contribution in [0.2, 0.25) is 0 Å². The Morgan fingerprint density at radius 3 is 2.67 bits per heavy atom. The number of rotatable bonds is 1. The Bertz CT molecular complexity index is 482. The van der Waals surface area contributed by atoms with Gasteiger partial charge in [-0.15, -0.1) is 0 Å². The smallest absolute Gasteiger partial charge is 0.229 e. The molecule has 1 atom stereocenters. The van der Waals surface area contributed by atoms with E-state index < -0.39 is 0 Å². The molecule has 1 aliphatic heterocycles. The molecule has 4 heteroatoms. The zero-order chi connectivity index (χ0) is 13.3. The van der Waals surface area contributed by atoms with Gasteiger partial charge in [0.05, 0.1) is 17.3 Å². The topological polar surface area (TPSA) is 49.4 Å². The molecule has 2 amide bonds. The van der Waals surface area contributed by atoms with E-state index in [1.54, 1.807) is 4.90 Å². The summed E-state index contributed by atoms with van der Waals surface area (Å²) in [4.78, 5) is 25.6. The van der Waals surface area contributed by atoms with Crippen LogP contribution in [0.15, 0.2) is 24.3 Å². The lowest BCUT2D eigenvalue weighted by molar-refractivity contribution is -0.121. The number of nitrogens with one attached hydrogen (secondary N) is 1. The van der Waals surface area contributed by atoms with Gasteiger partial charge in [-0.2, -0.15) is 0 Å². The van der Waals surface area contributed by atoms with E-state index in [2.05, 4.69) is 5.32 Å². The van der Waals surface area contributed by atoms with Crippen LogP contribution in [-0.4, -0.2) is 18.4 Å². The molecule has 0 spiro atoms. The predicted octanol–water partition coefficient (Wildman–Crippen LogP) is 2.26. The molecule has 2 rings (SSSR count). The first kappa shape index (κ1) is 12.6. The summed E-state index contributed by atoms with van der Waals surface area (Å²) in [7, 11) is 0. The number of carbonyl (C=O) groups is 2. The van der Waals surface area contributed by atoms with Crippen LogP contribution in [0, 0.1) is 11.8 Å². The number of anilines is 2. The molecule has 0 aliphatic carbocycles. The van der Waals surface area contributed by atoms with Crippen molar-refractivity contribution in [2.75, 3.05) is 16.8 Å². The second-order valence-electron chi connectivity index (χ2n) is 4.99. The summed E-state index contributed by atoms with van der Waals surface area (Å²) in [6.07, 6.45) is 0. The molecule has 0 radical (unpaired) electrons. The third-order valence-electron chi connectivity index (χ3n) is 3.35. The fourth-order valence-corrected chi connectivity index (χ4v) is 2.23. The van der Waals surface area contributed by atoms with Crippen molar-refractivity contribution in [2.45, 2.75) is 20.8 Å². The molecule has 0 saturated heterocycles. The highest BCUT2D eigenvalue weighted by Crippen LogP contribution is 2.31. The predicted molar refractivity (Wildman–Crippen MR) is 71.4 cm³/mol. The van der Waals surface area contributed by atoms with Gasteiger partial charge in [0, 0.05) is 13.5 Å². The number of hydrogen-bond acceptors (Lipinski definition) is 2. The van der Waals surface area contributed by atoms with Crippen molar-refractivity contribution in [3.8, 4) is 0 Å². The summed E-state index contributed by atoms with van der Waals surface area (Å²) in [5, 5.41) is 2.91. The van der Waals surface area contributed by atoms with E-state index in [0.717, 1.165) is 5.69 Å². The van der Waals surface area contributed by atoms with E-state index in [-0.39, 0.29) is 23.7 Å². The van der Waals surface area contributed by atoms with Crippen molar-refractivity contribution in [2.24, 2.45) is 11.8 Å². The van der Waals surface area contributed by atoms with Crippen LogP contribution in [0.25, 0.3) is 0 Å². The Balaban J connectivity index is 2.46. The van der Waals surface area contributed by atoms with Crippen LogP contribution >= 0.6 is 0 Å². The molecular weight excluding hydrogens is 228 g/mol. The summed E-state index contributed by atoms with van der Waals surface area (Å²) >= 11 is 0. The molecule has 4 nitrogen and oxygen atoms in total. The van der Waals surface area contributed by atoms with Crippen LogP contribution in [0.5, 0.6) is 0 Å². The monoisotopic (exact) mass is 246 g/mol. The summed E-state index contributed by atoms with van der Waals surface area (Å²) in [6, 6.07) is 7.41. The zero-order valence-corrected chi connectivity index (χ0v) is 10.9. The molecule has 1 aromatic rings. The number of amides is 2. The first-order chi connectivity index (χ1) is 8.50. The Kier molecular flexibility index (Phi) is 3.36. The molecule has 1 aromatic carbocycles. The fourth-order valence-electron chi connectivity index (χ4n) is 2.23. The first-order valence-corrected chi connectivity index (χ1v) is 6.18. The molecule has 1 N–H and O–H groups in total. The largest absolute Gasteiger partial charge is 0.324 e. The standard InChI is InChI=1S/C14H18N2O2/c1-9(2)11-8-16(10(3)17)13-7-5-4-6-12(13)15-14(11)18/h4-7,9,11H,8H2,1-3H3,(H,15,18)/t11-/m1/s1. The molecular formula is C14H18N2O2. The van der Waals surface area contributed by atoms with Crippen molar-refractivity contribution in [1.29, 1.82) is 0 Å². The lowest BCUT2D eigenvalue weighted by Crippen LogP contribution is -2.37. The van der Waals surface area contributed by atoms with E-state index >= 15 is 0 Å². The first-order valence-electron chi connectivity index (χ1n) is 6.18. The van der Waals surface area contributed by atoms with Crippen LogP contribution in [0.4, 0.5) is 11.4 Å². The molecule has 0 unspecified atom stereocenters. The van der Waals surface area contributed by atoms with E-state index in [4.69, 9.17) is 0 Å². The van der Waals surface area contributed by atoms with Crippen LogP contribution in [0.1, 0.15) is 20.8 Å². The fraction of sp³-hybridized carbons (Fsp3) is 0.429. The lowest BCUT2D eigenvalue weighted by Gasteiger charge is -2.24. The Morgan fingerprint density at radius 1 is 1.39 bits per heavy atom. The minimum Gasteiger partial charge on any atom is -0.324 e. The summed E-state index contributed by atoms with van der Waals surface area (Å²) in [6.45, 7) is 5.97. The van der Waals surface area contributed by atoms with Crippen molar-refractivity contribution >= 4 is 23.2 Å². The summed E-state index contributed by atoms with van der Waals surface area (Å²) in [5.41, 5.74) is 1.49. The van der Waals surface area contributed by atoms with Crippen molar-refractivity contribution in [3.05, 3.63) is 24.3 Å². The third-order valence-corrected chi connectivity index (χ3v) is 3.35. The molecule has 0 saturated carbocycles. The Morgan fingerprint density at radius 2 is 2.06 bits per heavy atom. The lowest BCUT2D eigenvalue weighted by atomic mass is 9.94. The van der Waals surface area contributed by atoms with Gasteiger partial charge >= 0.3 is 0 Å². The summed E-state index contributed by atoms with van der Waals surface area (Å²) < 4.78 is 0. The Hall–Kier alpha value is -1.84. The minimum atomic E-state index is -0.179. The van der Waals surface area contributed by atoms with E-state index in [1.165, 1.54) is 6.92 Å². The molecule has 0 fully saturated rings.